The van der Waals surface area contributed by atoms with Gasteiger partial charge in [-0.05, 0) is 18.5 Å². The Morgan fingerprint density at radius 1 is 1.39 bits per heavy atom. The van der Waals surface area contributed by atoms with Crippen molar-refractivity contribution in [1.82, 2.24) is 20.5 Å². The van der Waals surface area contributed by atoms with Crippen LogP contribution in [0.5, 0.6) is 0 Å². The van der Waals surface area contributed by atoms with Gasteiger partial charge in [0, 0.05) is 24.5 Å². The molecule has 2 heterocycles. The molecular weight excluding hydrogens is 268 g/mol. The van der Waals surface area contributed by atoms with Crippen molar-refractivity contribution in [2.75, 3.05) is 6.54 Å². The van der Waals surface area contributed by atoms with E-state index >= 15 is 0 Å². The summed E-state index contributed by atoms with van der Waals surface area (Å²) in [5.41, 5.74) is 0.888. The van der Waals surface area contributed by atoms with Crippen LogP contribution < -0.4 is 5.32 Å². The van der Waals surface area contributed by atoms with Gasteiger partial charge in [0.2, 0.25) is 0 Å². The lowest BCUT2D eigenvalue weighted by molar-refractivity contribution is 0.550. The summed E-state index contributed by atoms with van der Waals surface area (Å²) in [7, 11) is 0. The summed E-state index contributed by atoms with van der Waals surface area (Å²) in [5.74, 6) is 0.632. The summed E-state index contributed by atoms with van der Waals surface area (Å²) in [5, 5.41) is 14.1. The first-order chi connectivity index (χ1) is 8.66. The fourth-order valence-corrected chi connectivity index (χ4v) is 2.56. The maximum atomic E-state index is 6.07. The van der Waals surface area contributed by atoms with E-state index in [2.05, 4.69) is 34.3 Å². The van der Waals surface area contributed by atoms with Gasteiger partial charge < -0.3 is 5.32 Å². The lowest BCUT2D eigenvalue weighted by Crippen LogP contribution is -2.18. The van der Waals surface area contributed by atoms with E-state index in [1.54, 1.807) is 23.7 Å². The smallest absolute Gasteiger partial charge is 0.149 e. The Morgan fingerprint density at radius 3 is 2.94 bits per heavy atom. The molecule has 96 valence electrons. The fourth-order valence-electron chi connectivity index (χ4n) is 1.45. The van der Waals surface area contributed by atoms with Gasteiger partial charge in [-0.1, -0.05) is 36.8 Å². The van der Waals surface area contributed by atoms with Gasteiger partial charge in [0.05, 0.1) is 5.02 Å². The van der Waals surface area contributed by atoms with E-state index in [1.165, 1.54) is 0 Å². The van der Waals surface area contributed by atoms with E-state index in [0.717, 1.165) is 28.7 Å². The first-order valence-corrected chi connectivity index (χ1v) is 6.99. The van der Waals surface area contributed by atoms with E-state index in [0.29, 0.717) is 10.9 Å². The summed E-state index contributed by atoms with van der Waals surface area (Å²) >= 11 is 7.63. The molecule has 0 aliphatic rings. The number of pyridine rings is 1. The highest BCUT2D eigenvalue weighted by Gasteiger charge is 2.09. The largest absolute Gasteiger partial charge is 0.310 e. The van der Waals surface area contributed by atoms with Crippen molar-refractivity contribution >= 4 is 22.9 Å². The summed E-state index contributed by atoms with van der Waals surface area (Å²) < 4.78 is 0. The van der Waals surface area contributed by atoms with Crippen LogP contribution in [0, 0.1) is 5.92 Å². The molecule has 2 rings (SSSR count). The Morgan fingerprint density at radius 2 is 2.22 bits per heavy atom. The number of hydrogen-bond donors (Lipinski definition) is 1. The zero-order valence-corrected chi connectivity index (χ0v) is 11.9. The van der Waals surface area contributed by atoms with Crippen LogP contribution in [0.2, 0.25) is 5.02 Å². The van der Waals surface area contributed by atoms with Crippen molar-refractivity contribution < 1.29 is 0 Å². The SMILES string of the molecule is CC(C)CNCc1nnc(-c2ccncc2Cl)s1. The molecule has 1 N–H and O–H groups in total. The van der Waals surface area contributed by atoms with E-state index in [1.807, 2.05) is 6.07 Å². The molecule has 0 spiro atoms. The summed E-state index contributed by atoms with van der Waals surface area (Å²) in [6.45, 7) is 6.08. The van der Waals surface area contributed by atoms with Gasteiger partial charge in [-0.2, -0.15) is 0 Å². The Kier molecular flexibility index (Phi) is 4.63. The molecule has 6 heteroatoms. The minimum absolute atomic E-state index is 0.607. The lowest BCUT2D eigenvalue weighted by atomic mass is 10.2. The van der Waals surface area contributed by atoms with Gasteiger partial charge in [0.15, 0.2) is 0 Å². The third kappa shape index (κ3) is 3.48. The number of rotatable bonds is 5. The highest BCUT2D eigenvalue weighted by atomic mass is 35.5. The third-order valence-corrected chi connectivity index (χ3v) is 3.56. The number of aromatic nitrogens is 3. The maximum Gasteiger partial charge on any atom is 0.149 e. The van der Waals surface area contributed by atoms with Crippen LogP contribution in [-0.4, -0.2) is 21.7 Å². The van der Waals surface area contributed by atoms with Crippen LogP contribution in [0.3, 0.4) is 0 Å². The van der Waals surface area contributed by atoms with Crippen LogP contribution in [0.15, 0.2) is 18.5 Å². The first-order valence-electron chi connectivity index (χ1n) is 5.80. The predicted molar refractivity (Wildman–Crippen MR) is 74.7 cm³/mol. The normalized spacial score (nSPS) is 11.1. The van der Waals surface area contributed by atoms with Gasteiger partial charge >= 0.3 is 0 Å². The second-order valence-corrected chi connectivity index (χ2v) is 5.85. The molecule has 2 aromatic rings. The monoisotopic (exact) mass is 282 g/mol. The van der Waals surface area contributed by atoms with Gasteiger partial charge in [-0.3, -0.25) is 4.98 Å². The molecule has 18 heavy (non-hydrogen) atoms. The zero-order chi connectivity index (χ0) is 13.0. The van der Waals surface area contributed by atoms with Crippen LogP contribution in [0.4, 0.5) is 0 Å². The third-order valence-electron chi connectivity index (χ3n) is 2.30. The van der Waals surface area contributed by atoms with Crippen molar-refractivity contribution in [1.29, 1.82) is 0 Å². The molecular formula is C12H15ClN4S. The zero-order valence-electron chi connectivity index (χ0n) is 10.4. The van der Waals surface area contributed by atoms with Crippen molar-refractivity contribution in [3.05, 3.63) is 28.5 Å². The lowest BCUT2D eigenvalue weighted by Gasteiger charge is -2.04. The average Bonchev–Trinajstić information content (AvgIpc) is 2.78. The van der Waals surface area contributed by atoms with Crippen LogP contribution in [0.25, 0.3) is 10.6 Å². The predicted octanol–water partition coefficient (Wildman–Crippen LogP) is 3.00. The summed E-state index contributed by atoms with van der Waals surface area (Å²) in [4.78, 5) is 3.96. The average molecular weight is 283 g/mol. The Hall–Kier alpha value is -1.04. The summed E-state index contributed by atoms with van der Waals surface area (Å²) in [6.07, 6.45) is 3.33. The molecule has 4 nitrogen and oxygen atoms in total. The van der Waals surface area contributed by atoms with Gasteiger partial charge in [-0.25, -0.2) is 0 Å². The van der Waals surface area contributed by atoms with Crippen LogP contribution in [0.1, 0.15) is 18.9 Å². The number of nitrogens with zero attached hydrogens (tertiary/aromatic N) is 3. The standard InChI is InChI=1S/C12H15ClN4S/c1-8(2)5-15-7-11-16-17-12(18-11)9-3-4-14-6-10(9)13/h3-4,6,8,15H,5,7H2,1-2H3. The fraction of sp³-hybridized carbons (Fsp3) is 0.417. The molecule has 2 aromatic heterocycles. The van der Waals surface area contributed by atoms with Crippen molar-refractivity contribution in [2.24, 2.45) is 5.92 Å². The molecule has 0 bridgehead atoms. The second-order valence-electron chi connectivity index (χ2n) is 4.38. The quantitative estimate of drug-likeness (QED) is 0.916. The molecule has 0 saturated heterocycles. The van der Waals surface area contributed by atoms with Crippen LogP contribution in [-0.2, 0) is 6.54 Å². The number of nitrogens with one attached hydrogen (secondary N) is 1. The molecule has 0 aliphatic heterocycles. The molecule has 0 amide bonds. The molecule has 0 unspecified atom stereocenters. The first kappa shape index (κ1) is 13.4. The molecule has 0 atom stereocenters. The molecule has 0 radical (unpaired) electrons. The topological polar surface area (TPSA) is 50.7 Å². The number of halogens is 1. The molecule has 0 aliphatic carbocycles. The van der Waals surface area contributed by atoms with Crippen molar-refractivity contribution in [3.63, 3.8) is 0 Å². The number of hydrogen-bond acceptors (Lipinski definition) is 5. The minimum Gasteiger partial charge on any atom is -0.310 e. The van der Waals surface area contributed by atoms with E-state index in [4.69, 9.17) is 11.6 Å². The van der Waals surface area contributed by atoms with Crippen LogP contribution >= 0.6 is 22.9 Å². The summed E-state index contributed by atoms with van der Waals surface area (Å²) in [6, 6.07) is 1.86. The molecule has 0 saturated carbocycles. The van der Waals surface area contributed by atoms with Crippen molar-refractivity contribution in [3.8, 4) is 10.6 Å². The highest BCUT2D eigenvalue weighted by molar-refractivity contribution is 7.14. The van der Waals surface area contributed by atoms with E-state index in [-0.39, 0.29) is 0 Å². The van der Waals surface area contributed by atoms with Gasteiger partial charge in [0.1, 0.15) is 10.0 Å². The second kappa shape index (κ2) is 6.22. The highest BCUT2D eigenvalue weighted by Crippen LogP contribution is 2.29. The molecule has 0 aromatic carbocycles. The van der Waals surface area contributed by atoms with E-state index in [9.17, 15) is 0 Å². The Bertz CT molecular complexity index is 512. The Balaban J connectivity index is 2.04. The van der Waals surface area contributed by atoms with Gasteiger partial charge in [-0.15, -0.1) is 10.2 Å². The van der Waals surface area contributed by atoms with Crippen molar-refractivity contribution in [2.45, 2.75) is 20.4 Å². The molecule has 0 fully saturated rings. The Labute approximate surface area is 115 Å². The van der Waals surface area contributed by atoms with Gasteiger partial charge in [0.25, 0.3) is 0 Å². The minimum atomic E-state index is 0.607. The maximum absolute atomic E-state index is 6.07. The van der Waals surface area contributed by atoms with E-state index < -0.39 is 0 Å².